The number of hydrogen-bond acceptors (Lipinski definition) is 3. The van der Waals surface area contributed by atoms with Gasteiger partial charge in [0.05, 0.1) is 12.3 Å². The Hall–Kier alpha value is -1.43. The number of rotatable bonds is 4. The highest BCUT2D eigenvalue weighted by molar-refractivity contribution is 9.10. The second kappa shape index (κ2) is 7.02. The lowest BCUT2D eigenvalue weighted by Crippen LogP contribution is -2.40. The second-order valence-corrected chi connectivity index (χ2v) is 6.52. The molecule has 4 nitrogen and oxygen atoms in total. The van der Waals surface area contributed by atoms with Gasteiger partial charge in [0.2, 0.25) is 5.91 Å². The van der Waals surface area contributed by atoms with Crippen molar-refractivity contribution in [3.8, 4) is 0 Å². The molecule has 0 aliphatic heterocycles. The van der Waals surface area contributed by atoms with Crippen LogP contribution < -0.4 is 5.32 Å². The second-order valence-electron chi connectivity index (χ2n) is 5.66. The Morgan fingerprint density at radius 1 is 1.38 bits per heavy atom. The molecule has 0 heterocycles. The minimum Gasteiger partial charge on any atom is -0.465 e. The van der Waals surface area contributed by atoms with Gasteiger partial charge in [-0.15, -0.1) is 0 Å². The van der Waals surface area contributed by atoms with Gasteiger partial charge in [0.1, 0.15) is 11.7 Å². The maximum absolute atomic E-state index is 13.2. The molecule has 0 bridgehead atoms. The summed E-state index contributed by atoms with van der Waals surface area (Å²) in [5.41, 5.74) is -0.339. The van der Waals surface area contributed by atoms with Crippen LogP contribution >= 0.6 is 15.9 Å². The average Bonchev–Trinajstić information content (AvgIpc) is 2.32. The first-order chi connectivity index (χ1) is 9.66. The van der Waals surface area contributed by atoms with E-state index in [1.165, 1.54) is 18.2 Å². The van der Waals surface area contributed by atoms with E-state index in [0.717, 1.165) is 0 Å². The Balaban J connectivity index is 3.01. The molecule has 0 fully saturated rings. The minimum absolute atomic E-state index is 0.197. The van der Waals surface area contributed by atoms with E-state index in [4.69, 9.17) is 4.74 Å². The highest BCUT2D eigenvalue weighted by Crippen LogP contribution is 2.30. The molecule has 1 aromatic rings. The third kappa shape index (κ3) is 4.81. The van der Waals surface area contributed by atoms with E-state index >= 15 is 0 Å². The molecular formula is C15H19BrFNO3. The third-order valence-electron chi connectivity index (χ3n) is 2.84. The van der Waals surface area contributed by atoms with Crippen molar-refractivity contribution in [3.63, 3.8) is 0 Å². The molecule has 0 saturated carbocycles. The number of nitrogens with one attached hydrogen (secondary N) is 1. The molecule has 116 valence electrons. The van der Waals surface area contributed by atoms with E-state index in [-0.39, 0.29) is 12.3 Å². The van der Waals surface area contributed by atoms with Crippen molar-refractivity contribution in [1.29, 1.82) is 0 Å². The summed E-state index contributed by atoms with van der Waals surface area (Å²) in [6.45, 7) is 7.19. The van der Waals surface area contributed by atoms with Gasteiger partial charge in [-0.25, -0.2) is 4.39 Å². The first-order valence-electron chi connectivity index (χ1n) is 6.59. The van der Waals surface area contributed by atoms with Gasteiger partial charge >= 0.3 is 5.97 Å². The molecule has 1 aromatic carbocycles. The Kier molecular flexibility index (Phi) is 5.89. The predicted molar refractivity (Wildman–Crippen MR) is 82.3 cm³/mol. The summed E-state index contributed by atoms with van der Waals surface area (Å²) < 4.78 is 18.7. The number of carbonyl (C=O) groups is 2. The zero-order valence-corrected chi connectivity index (χ0v) is 14.1. The van der Waals surface area contributed by atoms with Gasteiger partial charge in [0.15, 0.2) is 0 Å². The van der Waals surface area contributed by atoms with Gasteiger partial charge < -0.3 is 10.1 Å². The Labute approximate surface area is 132 Å². The van der Waals surface area contributed by atoms with Crippen molar-refractivity contribution in [2.45, 2.75) is 27.7 Å². The lowest BCUT2D eigenvalue weighted by atomic mass is 9.80. The van der Waals surface area contributed by atoms with Crippen molar-refractivity contribution in [3.05, 3.63) is 28.5 Å². The number of halogens is 2. The highest BCUT2D eigenvalue weighted by Gasteiger charge is 2.39. The Bertz CT molecular complexity index is 540. The van der Waals surface area contributed by atoms with Crippen LogP contribution in [0.2, 0.25) is 0 Å². The van der Waals surface area contributed by atoms with E-state index in [1.54, 1.807) is 27.7 Å². The summed E-state index contributed by atoms with van der Waals surface area (Å²) in [7, 11) is 0. The average molecular weight is 360 g/mol. The molecule has 1 rings (SSSR count). The zero-order valence-electron chi connectivity index (χ0n) is 12.5. The quantitative estimate of drug-likeness (QED) is 0.657. The monoisotopic (exact) mass is 359 g/mol. The van der Waals surface area contributed by atoms with Crippen LogP contribution in [0.3, 0.4) is 0 Å². The summed E-state index contributed by atoms with van der Waals surface area (Å²) >= 11 is 3.23. The van der Waals surface area contributed by atoms with E-state index in [1.807, 2.05) is 0 Å². The summed E-state index contributed by atoms with van der Waals surface area (Å²) in [4.78, 5) is 24.4. The number of ether oxygens (including phenoxy) is 1. The van der Waals surface area contributed by atoms with Crippen LogP contribution in [0.15, 0.2) is 22.7 Å². The summed E-state index contributed by atoms with van der Waals surface area (Å²) in [5, 5.41) is 2.57. The first kappa shape index (κ1) is 17.6. The summed E-state index contributed by atoms with van der Waals surface area (Å²) in [6.07, 6.45) is 0. The maximum atomic E-state index is 13.2. The number of amides is 1. The molecule has 0 spiro atoms. The highest BCUT2D eigenvalue weighted by atomic mass is 79.9. The van der Waals surface area contributed by atoms with E-state index in [2.05, 4.69) is 21.2 Å². The van der Waals surface area contributed by atoms with Gasteiger partial charge in [-0.2, -0.15) is 0 Å². The molecule has 1 atom stereocenters. The predicted octanol–water partition coefficient (Wildman–Crippen LogP) is 3.75. The molecular weight excluding hydrogens is 341 g/mol. The minimum atomic E-state index is -0.979. The van der Waals surface area contributed by atoms with Gasteiger partial charge in [-0.3, -0.25) is 9.59 Å². The molecule has 0 radical (unpaired) electrons. The zero-order chi connectivity index (χ0) is 16.2. The van der Waals surface area contributed by atoms with Crippen LogP contribution in [-0.4, -0.2) is 18.5 Å². The number of benzene rings is 1. The van der Waals surface area contributed by atoms with Crippen LogP contribution in [-0.2, 0) is 14.3 Å². The number of hydrogen-bond donors (Lipinski definition) is 1. The van der Waals surface area contributed by atoms with Gasteiger partial charge in [0.25, 0.3) is 0 Å². The smallest absolute Gasteiger partial charge is 0.319 e. The molecule has 6 heteroatoms. The lowest BCUT2D eigenvalue weighted by molar-refractivity contribution is -0.155. The molecule has 0 aliphatic rings. The van der Waals surface area contributed by atoms with Crippen LogP contribution in [0, 0.1) is 17.2 Å². The molecule has 0 saturated heterocycles. The normalized spacial score (nSPS) is 12.7. The molecule has 1 unspecified atom stereocenters. The molecule has 0 aliphatic carbocycles. The van der Waals surface area contributed by atoms with E-state index in [9.17, 15) is 14.0 Å². The van der Waals surface area contributed by atoms with Crippen molar-refractivity contribution in [2.24, 2.45) is 11.3 Å². The van der Waals surface area contributed by atoms with Gasteiger partial charge in [-0.05, 0) is 46.5 Å². The summed E-state index contributed by atoms with van der Waals surface area (Å²) in [5.74, 6) is -2.56. The fourth-order valence-electron chi connectivity index (χ4n) is 1.88. The first-order valence-corrected chi connectivity index (χ1v) is 7.38. The Morgan fingerprint density at radius 2 is 2.00 bits per heavy atom. The number of carbonyl (C=O) groups excluding carboxylic acids is 2. The maximum Gasteiger partial charge on any atom is 0.319 e. The van der Waals surface area contributed by atoms with E-state index < -0.39 is 29.0 Å². The Morgan fingerprint density at radius 3 is 2.52 bits per heavy atom. The molecule has 1 amide bonds. The van der Waals surface area contributed by atoms with Crippen LogP contribution in [0.25, 0.3) is 0 Å². The largest absolute Gasteiger partial charge is 0.465 e. The summed E-state index contributed by atoms with van der Waals surface area (Å²) in [6, 6.07) is 3.95. The van der Waals surface area contributed by atoms with Crippen LogP contribution in [0.1, 0.15) is 27.7 Å². The van der Waals surface area contributed by atoms with Crippen molar-refractivity contribution in [1.82, 2.24) is 0 Å². The number of esters is 1. The lowest BCUT2D eigenvalue weighted by Gasteiger charge is -2.27. The SMILES string of the molecule is CCOC(=O)C(C(=O)Nc1cc(F)ccc1Br)C(C)(C)C. The van der Waals surface area contributed by atoms with Gasteiger partial charge in [-0.1, -0.05) is 20.8 Å². The fraction of sp³-hybridized carbons (Fsp3) is 0.467. The van der Waals surface area contributed by atoms with Crippen molar-refractivity contribution >= 4 is 33.5 Å². The van der Waals surface area contributed by atoms with Crippen LogP contribution in [0.4, 0.5) is 10.1 Å². The molecule has 1 N–H and O–H groups in total. The standard InChI is InChI=1S/C15H19BrFNO3/c1-5-21-14(20)12(15(2,3)4)13(19)18-11-8-9(17)6-7-10(11)16/h6-8,12H,5H2,1-4H3,(H,18,19). The van der Waals surface area contributed by atoms with Crippen LogP contribution in [0.5, 0.6) is 0 Å². The molecule has 21 heavy (non-hydrogen) atoms. The van der Waals surface area contributed by atoms with Crippen molar-refractivity contribution < 1.29 is 18.7 Å². The molecule has 0 aromatic heterocycles. The topological polar surface area (TPSA) is 55.4 Å². The fourth-order valence-corrected chi connectivity index (χ4v) is 2.22. The van der Waals surface area contributed by atoms with E-state index in [0.29, 0.717) is 4.47 Å². The van der Waals surface area contributed by atoms with Crippen molar-refractivity contribution in [2.75, 3.05) is 11.9 Å². The van der Waals surface area contributed by atoms with Gasteiger partial charge in [0, 0.05) is 4.47 Å². The third-order valence-corrected chi connectivity index (χ3v) is 3.53. The number of anilines is 1.